The van der Waals surface area contributed by atoms with Crippen molar-refractivity contribution in [1.82, 2.24) is 4.98 Å². The predicted octanol–water partition coefficient (Wildman–Crippen LogP) is 1.76. The van der Waals surface area contributed by atoms with Crippen LogP contribution < -0.4 is 11.1 Å². The maximum Gasteiger partial charge on any atom is 0.349 e. The minimum atomic E-state index is -0.481. The number of hydrogen-bond donors (Lipinski definition) is 2. The van der Waals surface area contributed by atoms with E-state index in [1.54, 1.807) is 24.3 Å². The van der Waals surface area contributed by atoms with Crippen molar-refractivity contribution in [2.24, 2.45) is 0 Å². The van der Waals surface area contributed by atoms with Gasteiger partial charge in [0.25, 0.3) is 5.91 Å². The highest BCUT2D eigenvalue weighted by Gasteiger charge is 2.13. The summed E-state index contributed by atoms with van der Waals surface area (Å²) in [5, 5.41) is 2.93. The lowest BCUT2D eigenvalue weighted by Crippen LogP contribution is -2.11. The summed E-state index contributed by atoms with van der Waals surface area (Å²) in [7, 11) is 1.29. The highest BCUT2D eigenvalue weighted by Crippen LogP contribution is 2.19. The Balaban J connectivity index is 2.08. The average molecular weight is 277 g/mol. The quantitative estimate of drug-likeness (QED) is 0.658. The molecule has 1 heterocycles. The summed E-state index contributed by atoms with van der Waals surface area (Å²) >= 11 is 1.05. The van der Waals surface area contributed by atoms with Crippen molar-refractivity contribution in [1.29, 1.82) is 0 Å². The second kappa shape index (κ2) is 5.49. The molecule has 6 nitrogen and oxygen atoms in total. The maximum atomic E-state index is 11.9. The zero-order valence-corrected chi connectivity index (χ0v) is 10.9. The molecule has 0 aliphatic rings. The lowest BCUT2D eigenvalue weighted by atomic mass is 10.2. The van der Waals surface area contributed by atoms with Gasteiger partial charge in [0.2, 0.25) is 0 Å². The van der Waals surface area contributed by atoms with Crippen LogP contribution in [0.1, 0.15) is 20.0 Å². The van der Waals surface area contributed by atoms with E-state index >= 15 is 0 Å². The van der Waals surface area contributed by atoms with Gasteiger partial charge in [-0.3, -0.25) is 10.1 Å². The van der Waals surface area contributed by atoms with E-state index in [2.05, 4.69) is 15.0 Å². The molecule has 3 N–H and O–H groups in total. The van der Waals surface area contributed by atoms with Gasteiger partial charge in [-0.2, -0.15) is 0 Å². The summed E-state index contributed by atoms with van der Waals surface area (Å²) in [6, 6.07) is 6.49. The lowest BCUT2D eigenvalue weighted by Gasteiger charge is -2.01. The van der Waals surface area contributed by atoms with Crippen LogP contribution in [0.5, 0.6) is 0 Å². The number of carbonyl (C=O) groups is 2. The first-order valence-electron chi connectivity index (χ1n) is 5.31. The number of thiazole rings is 1. The summed E-state index contributed by atoms with van der Waals surface area (Å²) in [5.41, 5.74) is 6.58. The van der Waals surface area contributed by atoms with Crippen molar-refractivity contribution < 1.29 is 14.3 Å². The van der Waals surface area contributed by atoms with Crippen LogP contribution in [0.4, 0.5) is 10.8 Å². The van der Waals surface area contributed by atoms with E-state index < -0.39 is 5.97 Å². The number of nitrogens with zero attached hydrogens (tertiary/aromatic N) is 1. The van der Waals surface area contributed by atoms with Crippen molar-refractivity contribution >= 4 is 34.0 Å². The number of ether oxygens (including phenoxy) is 1. The van der Waals surface area contributed by atoms with Crippen molar-refractivity contribution in [2.75, 3.05) is 18.2 Å². The van der Waals surface area contributed by atoms with Gasteiger partial charge in [-0.1, -0.05) is 11.3 Å². The molecule has 2 aromatic rings. The van der Waals surface area contributed by atoms with Crippen LogP contribution in [0.25, 0.3) is 0 Å². The van der Waals surface area contributed by atoms with E-state index in [0.717, 1.165) is 11.3 Å². The van der Waals surface area contributed by atoms with Gasteiger partial charge in [-0.05, 0) is 24.3 Å². The van der Waals surface area contributed by atoms with Crippen molar-refractivity contribution in [2.45, 2.75) is 0 Å². The Morgan fingerprint density at radius 3 is 2.63 bits per heavy atom. The van der Waals surface area contributed by atoms with Crippen LogP contribution in [0.2, 0.25) is 0 Å². The summed E-state index contributed by atoms with van der Waals surface area (Å²) in [4.78, 5) is 27.4. The van der Waals surface area contributed by atoms with Crippen LogP contribution >= 0.6 is 11.3 Å². The zero-order valence-electron chi connectivity index (χ0n) is 10.0. The van der Waals surface area contributed by atoms with E-state index in [1.807, 2.05) is 0 Å². The molecular weight excluding hydrogens is 266 g/mol. The molecule has 1 aromatic carbocycles. The van der Waals surface area contributed by atoms with E-state index in [0.29, 0.717) is 21.3 Å². The SMILES string of the molecule is COC(=O)c1cnc(NC(=O)c2ccc(N)cc2)s1. The number of hydrogen-bond acceptors (Lipinski definition) is 6. The Hall–Kier alpha value is -2.41. The molecule has 1 amide bonds. The molecule has 0 fully saturated rings. The molecule has 98 valence electrons. The summed E-state index contributed by atoms with van der Waals surface area (Å²) in [6.07, 6.45) is 1.36. The van der Waals surface area contributed by atoms with Crippen molar-refractivity contribution in [3.63, 3.8) is 0 Å². The Morgan fingerprint density at radius 2 is 2.00 bits per heavy atom. The number of methoxy groups -OCH3 is 1. The van der Waals surface area contributed by atoms with Crippen LogP contribution in [-0.2, 0) is 4.74 Å². The molecule has 0 spiro atoms. The molecular formula is C12H11N3O3S. The number of amides is 1. The molecule has 0 aliphatic heterocycles. The van der Waals surface area contributed by atoms with Crippen molar-refractivity contribution in [3.05, 3.63) is 40.9 Å². The zero-order chi connectivity index (χ0) is 13.8. The highest BCUT2D eigenvalue weighted by molar-refractivity contribution is 7.17. The van der Waals surface area contributed by atoms with Crippen molar-refractivity contribution in [3.8, 4) is 0 Å². The highest BCUT2D eigenvalue weighted by atomic mass is 32.1. The summed E-state index contributed by atoms with van der Waals surface area (Å²) < 4.78 is 4.56. The topological polar surface area (TPSA) is 94.3 Å². The Labute approximate surface area is 113 Å². The fourth-order valence-corrected chi connectivity index (χ4v) is 2.06. The van der Waals surface area contributed by atoms with E-state index in [4.69, 9.17) is 5.73 Å². The van der Waals surface area contributed by atoms with Gasteiger partial charge in [0.15, 0.2) is 5.13 Å². The Kier molecular flexibility index (Phi) is 3.76. The minimum Gasteiger partial charge on any atom is -0.465 e. The Morgan fingerprint density at radius 1 is 1.32 bits per heavy atom. The van der Waals surface area contributed by atoms with Gasteiger partial charge in [0, 0.05) is 11.3 Å². The van der Waals surface area contributed by atoms with Gasteiger partial charge >= 0.3 is 5.97 Å². The second-order valence-electron chi connectivity index (χ2n) is 3.60. The number of benzene rings is 1. The number of nitrogens with two attached hydrogens (primary N) is 1. The number of anilines is 2. The monoisotopic (exact) mass is 277 g/mol. The predicted molar refractivity (Wildman–Crippen MR) is 72.3 cm³/mol. The molecule has 7 heteroatoms. The van der Waals surface area contributed by atoms with Gasteiger partial charge in [0.05, 0.1) is 13.3 Å². The molecule has 0 radical (unpaired) electrons. The molecule has 0 atom stereocenters. The number of nitrogens with one attached hydrogen (secondary N) is 1. The average Bonchev–Trinajstić information content (AvgIpc) is 2.87. The maximum absolute atomic E-state index is 11.9. The van der Waals surface area contributed by atoms with Crippen LogP contribution in [0.15, 0.2) is 30.5 Å². The van der Waals surface area contributed by atoms with Gasteiger partial charge < -0.3 is 10.5 Å². The molecule has 1 aromatic heterocycles. The fourth-order valence-electron chi connectivity index (χ4n) is 1.33. The minimum absolute atomic E-state index is 0.314. The molecule has 0 aliphatic carbocycles. The van der Waals surface area contributed by atoms with Gasteiger partial charge in [0.1, 0.15) is 4.88 Å². The number of rotatable bonds is 3. The molecule has 0 unspecified atom stereocenters. The third-order valence-corrected chi connectivity index (χ3v) is 3.18. The molecule has 2 rings (SSSR count). The summed E-state index contributed by atoms with van der Waals surface area (Å²) in [5.74, 6) is -0.795. The molecule has 0 bridgehead atoms. The van der Waals surface area contributed by atoms with Crippen LogP contribution in [-0.4, -0.2) is 24.0 Å². The van der Waals surface area contributed by atoms with E-state index in [9.17, 15) is 9.59 Å². The van der Waals surface area contributed by atoms with E-state index in [-0.39, 0.29) is 5.91 Å². The Bertz CT molecular complexity index is 607. The normalized spacial score (nSPS) is 9.95. The number of esters is 1. The third kappa shape index (κ3) is 3.08. The first-order valence-corrected chi connectivity index (χ1v) is 6.13. The second-order valence-corrected chi connectivity index (χ2v) is 4.63. The van der Waals surface area contributed by atoms with Gasteiger partial charge in [-0.15, -0.1) is 0 Å². The molecule has 0 saturated heterocycles. The first kappa shape index (κ1) is 13.0. The largest absolute Gasteiger partial charge is 0.465 e. The number of carbonyl (C=O) groups excluding carboxylic acids is 2. The summed E-state index contributed by atoms with van der Waals surface area (Å²) in [6.45, 7) is 0. The fraction of sp³-hybridized carbons (Fsp3) is 0.0833. The first-order chi connectivity index (χ1) is 9.10. The molecule has 19 heavy (non-hydrogen) atoms. The number of nitrogen functional groups attached to an aromatic ring is 1. The smallest absolute Gasteiger partial charge is 0.349 e. The van der Waals surface area contributed by atoms with Crippen LogP contribution in [0.3, 0.4) is 0 Å². The standard InChI is InChI=1S/C12H11N3O3S/c1-18-11(17)9-6-14-12(19-9)15-10(16)7-2-4-8(13)5-3-7/h2-6H,13H2,1H3,(H,14,15,16). The molecule has 0 saturated carbocycles. The van der Waals surface area contributed by atoms with E-state index in [1.165, 1.54) is 13.3 Å². The lowest BCUT2D eigenvalue weighted by molar-refractivity contribution is 0.0606. The third-order valence-electron chi connectivity index (χ3n) is 2.29. The van der Waals surface area contributed by atoms with Crippen LogP contribution in [0, 0.1) is 0 Å². The number of aromatic nitrogens is 1. The van der Waals surface area contributed by atoms with Gasteiger partial charge in [-0.25, -0.2) is 9.78 Å².